The molecule has 0 aromatic carbocycles. The zero-order chi connectivity index (χ0) is 13.7. The van der Waals surface area contributed by atoms with Crippen LogP contribution < -0.4 is 5.32 Å². The van der Waals surface area contributed by atoms with E-state index in [0.29, 0.717) is 5.69 Å². The second-order valence-electron chi connectivity index (χ2n) is 5.04. The largest absolute Gasteiger partial charge is 0.386 e. The molecule has 19 heavy (non-hydrogen) atoms. The normalized spacial score (nSPS) is 17.9. The van der Waals surface area contributed by atoms with Crippen LogP contribution in [0.15, 0.2) is 18.3 Å². The average Bonchev–Trinajstić information content (AvgIpc) is 2.40. The van der Waals surface area contributed by atoms with Gasteiger partial charge in [-0.3, -0.25) is 0 Å². The van der Waals surface area contributed by atoms with E-state index in [-0.39, 0.29) is 11.9 Å². The smallest absolute Gasteiger partial charge is 0.374 e. The molecule has 2 heterocycles. The summed E-state index contributed by atoms with van der Waals surface area (Å²) in [6.07, 6.45) is 5.25. The summed E-state index contributed by atoms with van der Waals surface area (Å²) in [5, 5.41) is 14.1. The van der Waals surface area contributed by atoms with Crippen molar-refractivity contribution in [1.29, 1.82) is 0 Å². The first-order valence-electron chi connectivity index (χ1n) is 6.75. The molecule has 1 fully saturated rings. The van der Waals surface area contributed by atoms with Crippen molar-refractivity contribution in [3.05, 3.63) is 28.4 Å². The number of pyridine rings is 1. The van der Waals surface area contributed by atoms with Gasteiger partial charge >= 0.3 is 5.82 Å². The second-order valence-corrected chi connectivity index (χ2v) is 5.04. The number of nitrogens with zero attached hydrogens (tertiary/aromatic N) is 3. The van der Waals surface area contributed by atoms with Gasteiger partial charge in [0.15, 0.2) is 0 Å². The Labute approximate surface area is 113 Å². The van der Waals surface area contributed by atoms with Gasteiger partial charge in [-0.25, -0.2) is 0 Å². The minimum Gasteiger partial charge on any atom is -0.374 e. The maximum absolute atomic E-state index is 10.9. The third kappa shape index (κ3) is 3.89. The minimum absolute atomic E-state index is 0.104. The molecule has 104 valence electrons. The Morgan fingerprint density at radius 3 is 2.89 bits per heavy atom. The van der Waals surface area contributed by atoms with Crippen LogP contribution in [0.3, 0.4) is 0 Å². The van der Waals surface area contributed by atoms with E-state index in [0.717, 1.165) is 19.6 Å². The summed E-state index contributed by atoms with van der Waals surface area (Å²) in [6.45, 7) is 5.21. The van der Waals surface area contributed by atoms with E-state index in [1.54, 1.807) is 12.1 Å². The fourth-order valence-corrected chi connectivity index (χ4v) is 2.50. The predicted molar refractivity (Wildman–Crippen MR) is 74.3 cm³/mol. The lowest BCUT2D eigenvalue weighted by atomic mass is 10.1. The van der Waals surface area contributed by atoms with Gasteiger partial charge in [0.05, 0.1) is 0 Å². The molecule has 1 N–H and O–H groups in total. The average molecular weight is 264 g/mol. The van der Waals surface area contributed by atoms with E-state index in [2.05, 4.69) is 15.2 Å². The van der Waals surface area contributed by atoms with Crippen molar-refractivity contribution in [1.82, 2.24) is 9.88 Å². The van der Waals surface area contributed by atoms with Gasteiger partial charge < -0.3 is 20.3 Å². The maximum atomic E-state index is 10.9. The van der Waals surface area contributed by atoms with E-state index in [9.17, 15) is 10.1 Å². The highest BCUT2D eigenvalue weighted by atomic mass is 16.6. The molecule has 6 nitrogen and oxygen atoms in total. The SMILES string of the molecule is CC(CN1CCCCC1)Nc1cccnc1[N+](=O)[O-]. The molecule has 1 atom stereocenters. The topological polar surface area (TPSA) is 71.3 Å². The van der Waals surface area contributed by atoms with Crippen molar-refractivity contribution < 1.29 is 4.92 Å². The van der Waals surface area contributed by atoms with E-state index in [1.807, 2.05) is 6.92 Å². The number of hydrogen-bond donors (Lipinski definition) is 1. The molecule has 1 unspecified atom stereocenters. The molecule has 0 spiro atoms. The number of nitro groups is 1. The van der Waals surface area contributed by atoms with Gasteiger partial charge in [0.1, 0.15) is 11.9 Å². The Morgan fingerprint density at radius 1 is 1.47 bits per heavy atom. The molecule has 1 saturated heterocycles. The first-order valence-corrected chi connectivity index (χ1v) is 6.75. The van der Waals surface area contributed by atoms with Crippen LogP contribution in [-0.4, -0.2) is 40.5 Å². The van der Waals surface area contributed by atoms with Crippen molar-refractivity contribution in [3.63, 3.8) is 0 Å². The molecule has 1 aromatic rings. The third-order valence-electron chi connectivity index (χ3n) is 3.34. The second kappa shape index (κ2) is 6.47. The lowest BCUT2D eigenvalue weighted by Gasteiger charge is -2.29. The monoisotopic (exact) mass is 264 g/mol. The fourth-order valence-electron chi connectivity index (χ4n) is 2.50. The van der Waals surface area contributed by atoms with Crippen LogP contribution in [-0.2, 0) is 0 Å². The molecule has 6 heteroatoms. The molecule has 1 aromatic heterocycles. The Bertz CT molecular complexity index is 432. The third-order valence-corrected chi connectivity index (χ3v) is 3.34. The summed E-state index contributed by atoms with van der Waals surface area (Å²) in [7, 11) is 0. The van der Waals surface area contributed by atoms with Gasteiger partial charge in [0.2, 0.25) is 0 Å². The van der Waals surface area contributed by atoms with Gasteiger partial charge in [0.25, 0.3) is 0 Å². The van der Waals surface area contributed by atoms with Crippen LogP contribution >= 0.6 is 0 Å². The molecule has 1 aliphatic rings. The van der Waals surface area contributed by atoms with Crippen LogP contribution in [0.2, 0.25) is 0 Å². The highest BCUT2D eigenvalue weighted by molar-refractivity contribution is 5.57. The van der Waals surface area contributed by atoms with Crippen LogP contribution in [0.4, 0.5) is 11.5 Å². The van der Waals surface area contributed by atoms with E-state index in [4.69, 9.17) is 0 Å². The van der Waals surface area contributed by atoms with Crippen molar-refractivity contribution in [2.24, 2.45) is 0 Å². The number of likely N-dealkylation sites (tertiary alicyclic amines) is 1. The molecular formula is C13H20N4O2. The molecule has 0 bridgehead atoms. The van der Waals surface area contributed by atoms with Crippen LogP contribution in [0, 0.1) is 10.1 Å². The Balaban J connectivity index is 1.94. The quantitative estimate of drug-likeness (QED) is 0.652. The molecule has 0 aliphatic carbocycles. The number of rotatable bonds is 5. The standard InChI is InChI=1S/C13H20N4O2/c1-11(10-16-8-3-2-4-9-16)15-12-6-5-7-14-13(12)17(18)19/h5-7,11,15H,2-4,8-10H2,1H3. The highest BCUT2D eigenvalue weighted by Gasteiger charge is 2.18. The number of piperidine rings is 1. The fraction of sp³-hybridized carbons (Fsp3) is 0.615. The summed E-state index contributed by atoms with van der Waals surface area (Å²) in [4.78, 5) is 16.6. The number of aromatic nitrogens is 1. The lowest BCUT2D eigenvalue weighted by Crippen LogP contribution is -2.38. The van der Waals surface area contributed by atoms with Gasteiger partial charge in [-0.1, -0.05) is 6.42 Å². The Kier molecular flexibility index (Phi) is 4.68. The molecule has 0 radical (unpaired) electrons. The summed E-state index contributed by atoms with van der Waals surface area (Å²) < 4.78 is 0. The first-order chi connectivity index (χ1) is 9.16. The van der Waals surface area contributed by atoms with Crippen LogP contribution in [0.25, 0.3) is 0 Å². The Morgan fingerprint density at radius 2 is 2.21 bits per heavy atom. The molecule has 2 rings (SSSR count). The molecule has 1 aliphatic heterocycles. The highest BCUT2D eigenvalue weighted by Crippen LogP contribution is 2.21. The summed E-state index contributed by atoms with van der Waals surface area (Å²) >= 11 is 0. The molecule has 0 amide bonds. The number of hydrogen-bond acceptors (Lipinski definition) is 5. The molecular weight excluding hydrogens is 244 g/mol. The van der Waals surface area contributed by atoms with Crippen molar-refractivity contribution in [2.75, 3.05) is 25.0 Å². The first kappa shape index (κ1) is 13.7. The minimum atomic E-state index is -0.448. The maximum Gasteiger partial charge on any atom is 0.386 e. The summed E-state index contributed by atoms with van der Waals surface area (Å²) in [5.41, 5.74) is 0.497. The summed E-state index contributed by atoms with van der Waals surface area (Å²) in [5.74, 6) is -0.104. The zero-order valence-electron chi connectivity index (χ0n) is 11.2. The van der Waals surface area contributed by atoms with Crippen molar-refractivity contribution in [3.8, 4) is 0 Å². The summed E-state index contributed by atoms with van der Waals surface area (Å²) in [6, 6.07) is 3.59. The lowest BCUT2D eigenvalue weighted by molar-refractivity contribution is -0.388. The Hall–Kier alpha value is -1.69. The van der Waals surface area contributed by atoms with Crippen molar-refractivity contribution >= 4 is 11.5 Å². The van der Waals surface area contributed by atoms with Crippen LogP contribution in [0.5, 0.6) is 0 Å². The predicted octanol–water partition coefficient (Wildman–Crippen LogP) is 2.28. The van der Waals surface area contributed by atoms with Crippen molar-refractivity contribution in [2.45, 2.75) is 32.2 Å². The van der Waals surface area contributed by atoms with E-state index in [1.165, 1.54) is 25.5 Å². The zero-order valence-corrected chi connectivity index (χ0v) is 11.2. The van der Waals surface area contributed by atoms with Crippen LogP contribution in [0.1, 0.15) is 26.2 Å². The van der Waals surface area contributed by atoms with Gasteiger partial charge in [0, 0.05) is 12.6 Å². The van der Waals surface area contributed by atoms with Gasteiger partial charge in [-0.15, -0.1) is 0 Å². The van der Waals surface area contributed by atoms with Gasteiger partial charge in [-0.05, 0) is 54.9 Å². The number of nitrogens with one attached hydrogen (secondary N) is 1. The van der Waals surface area contributed by atoms with E-state index >= 15 is 0 Å². The molecule has 0 saturated carbocycles. The number of anilines is 1. The van der Waals surface area contributed by atoms with E-state index < -0.39 is 4.92 Å². The van der Waals surface area contributed by atoms with Gasteiger partial charge in [-0.2, -0.15) is 0 Å².